The van der Waals surface area contributed by atoms with Crippen molar-refractivity contribution in [3.05, 3.63) is 29.8 Å². The first-order valence-electron chi connectivity index (χ1n) is 7.73. The lowest BCUT2D eigenvalue weighted by atomic mass is 9.96. The fraction of sp³-hybridized carbons (Fsp3) is 0.588. The third kappa shape index (κ3) is 6.20. The molecule has 0 aromatic heterocycles. The van der Waals surface area contributed by atoms with Crippen molar-refractivity contribution in [1.82, 2.24) is 0 Å². The minimum Gasteiger partial charge on any atom is -0.389 e. The highest BCUT2D eigenvalue weighted by Crippen LogP contribution is 2.28. The Morgan fingerprint density at radius 2 is 2.14 bits per heavy atom. The van der Waals surface area contributed by atoms with Crippen LogP contribution in [0.25, 0.3) is 0 Å². The van der Waals surface area contributed by atoms with E-state index < -0.39 is 5.60 Å². The molecule has 4 heteroatoms. The summed E-state index contributed by atoms with van der Waals surface area (Å²) in [6.07, 6.45) is 4.10. The predicted octanol–water partition coefficient (Wildman–Crippen LogP) is 3.64. The number of nitrogens with two attached hydrogens (primary N) is 1. The smallest absolute Gasteiger partial charge is 0.164 e. The highest BCUT2D eigenvalue weighted by Gasteiger charge is 2.24. The second-order valence-corrected chi connectivity index (χ2v) is 6.51. The maximum absolute atomic E-state index is 11.9. The van der Waals surface area contributed by atoms with Crippen molar-refractivity contribution in [2.45, 2.75) is 56.4 Å². The Morgan fingerprint density at radius 3 is 2.76 bits per heavy atom. The molecule has 0 aliphatic heterocycles. The normalized spacial score (nSPS) is 13.9. The maximum Gasteiger partial charge on any atom is 0.164 e. The number of hydrogen-bond acceptors (Lipinski definition) is 4. The quantitative estimate of drug-likeness (QED) is 0.511. The number of Topliss-reactive ketones (excluding diaryl/α,β-unsaturated/α-hetero) is 1. The maximum atomic E-state index is 11.9. The van der Waals surface area contributed by atoms with Crippen LogP contribution in [-0.4, -0.2) is 28.8 Å². The summed E-state index contributed by atoms with van der Waals surface area (Å²) in [7, 11) is 0. The standard InChI is InChI=1S/C17H27NO2S/c1-3-5-10-17(20,4-2)13-21-15-8-6-7-14(12-15)16(19)9-11-18/h6-8,12,20H,3-5,9-11,13,18H2,1-2H3. The van der Waals surface area contributed by atoms with E-state index in [1.807, 2.05) is 31.2 Å². The van der Waals surface area contributed by atoms with Gasteiger partial charge in [0, 0.05) is 22.6 Å². The first-order valence-corrected chi connectivity index (χ1v) is 8.71. The largest absolute Gasteiger partial charge is 0.389 e. The first kappa shape index (κ1) is 18.2. The Labute approximate surface area is 132 Å². The Morgan fingerprint density at radius 1 is 1.38 bits per heavy atom. The van der Waals surface area contributed by atoms with Crippen LogP contribution in [-0.2, 0) is 0 Å². The summed E-state index contributed by atoms with van der Waals surface area (Å²) in [5.74, 6) is 0.745. The summed E-state index contributed by atoms with van der Waals surface area (Å²) in [5, 5.41) is 10.6. The number of aliphatic hydroxyl groups is 1. The average Bonchev–Trinajstić information content (AvgIpc) is 2.51. The Balaban J connectivity index is 2.66. The number of hydrogen-bond donors (Lipinski definition) is 2. The number of carbonyl (C=O) groups is 1. The van der Waals surface area contributed by atoms with Crippen molar-refractivity contribution in [3.8, 4) is 0 Å². The molecule has 1 aromatic rings. The number of carbonyl (C=O) groups excluding carboxylic acids is 1. The van der Waals surface area contributed by atoms with Crippen LogP contribution in [0, 0.1) is 0 Å². The molecular weight excluding hydrogens is 282 g/mol. The zero-order valence-electron chi connectivity index (χ0n) is 13.1. The molecule has 1 rings (SSSR count). The topological polar surface area (TPSA) is 63.3 Å². The Kier molecular flexibility index (Phi) is 8.01. The second-order valence-electron chi connectivity index (χ2n) is 5.46. The van der Waals surface area contributed by atoms with Gasteiger partial charge in [0.05, 0.1) is 5.60 Å². The van der Waals surface area contributed by atoms with Crippen molar-refractivity contribution in [3.63, 3.8) is 0 Å². The molecule has 1 unspecified atom stereocenters. The van der Waals surface area contributed by atoms with Crippen molar-refractivity contribution < 1.29 is 9.90 Å². The predicted molar refractivity (Wildman–Crippen MR) is 89.9 cm³/mol. The molecule has 3 N–H and O–H groups in total. The van der Waals surface area contributed by atoms with Gasteiger partial charge in [-0.2, -0.15) is 0 Å². The molecule has 0 amide bonds. The summed E-state index contributed by atoms with van der Waals surface area (Å²) in [4.78, 5) is 12.9. The molecule has 0 radical (unpaired) electrons. The monoisotopic (exact) mass is 309 g/mol. The Hall–Kier alpha value is -0.840. The van der Waals surface area contributed by atoms with Crippen LogP contribution in [0.2, 0.25) is 0 Å². The minimum absolute atomic E-state index is 0.0803. The summed E-state index contributed by atoms with van der Waals surface area (Å²) in [5.41, 5.74) is 5.52. The van der Waals surface area contributed by atoms with Gasteiger partial charge in [0.25, 0.3) is 0 Å². The van der Waals surface area contributed by atoms with E-state index in [2.05, 4.69) is 6.92 Å². The number of rotatable bonds is 10. The van der Waals surface area contributed by atoms with Gasteiger partial charge in [-0.1, -0.05) is 38.8 Å². The molecule has 21 heavy (non-hydrogen) atoms. The third-order valence-corrected chi connectivity index (χ3v) is 4.96. The average molecular weight is 309 g/mol. The van der Waals surface area contributed by atoms with E-state index in [0.717, 1.165) is 30.6 Å². The van der Waals surface area contributed by atoms with Crippen LogP contribution >= 0.6 is 11.8 Å². The van der Waals surface area contributed by atoms with Crippen LogP contribution in [0.1, 0.15) is 56.3 Å². The number of thioether (sulfide) groups is 1. The molecule has 0 aliphatic carbocycles. The molecular formula is C17H27NO2S. The van der Waals surface area contributed by atoms with E-state index >= 15 is 0 Å². The highest BCUT2D eigenvalue weighted by molar-refractivity contribution is 7.99. The summed E-state index contributed by atoms with van der Waals surface area (Å²) in [6, 6.07) is 7.60. The van der Waals surface area contributed by atoms with Gasteiger partial charge in [-0.15, -0.1) is 11.8 Å². The van der Waals surface area contributed by atoms with Crippen LogP contribution in [0.5, 0.6) is 0 Å². The third-order valence-electron chi connectivity index (χ3n) is 3.69. The van der Waals surface area contributed by atoms with Gasteiger partial charge in [-0.3, -0.25) is 4.79 Å². The van der Waals surface area contributed by atoms with E-state index in [0.29, 0.717) is 24.3 Å². The molecule has 1 aromatic carbocycles. The van der Waals surface area contributed by atoms with Gasteiger partial charge in [-0.25, -0.2) is 0 Å². The fourth-order valence-corrected chi connectivity index (χ4v) is 3.28. The van der Waals surface area contributed by atoms with E-state index in [9.17, 15) is 9.90 Å². The highest BCUT2D eigenvalue weighted by atomic mass is 32.2. The lowest BCUT2D eigenvalue weighted by molar-refractivity contribution is 0.0497. The summed E-state index contributed by atoms with van der Waals surface area (Å²) < 4.78 is 0. The van der Waals surface area contributed by atoms with Crippen molar-refractivity contribution in [1.29, 1.82) is 0 Å². The van der Waals surface area contributed by atoms with E-state index in [1.165, 1.54) is 0 Å². The van der Waals surface area contributed by atoms with Crippen molar-refractivity contribution >= 4 is 17.5 Å². The molecule has 0 aliphatic rings. The van der Waals surface area contributed by atoms with Gasteiger partial charge in [0.15, 0.2) is 5.78 Å². The fourth-order valence-electron chi connectivity index (χ4n) is 2.11. The first-order chi connectivity index (χ1) is 10.0. The Bertz CT molecular complexity index is 450. The summed E-state index contributed by atoms with van der Waals surface area (Å²) >= 11 is 1.62. The van der Waals surface area contributed by atoms with E-state index in [4.69, 9.17) is 5.73 Å². The SMILES string of the molecule is CCCCC(O)(CC)CSc1cccc(C(=O)CCN)c1. The van der Waals surface area contributed by atoms with Gasteiger partial charge in [0.2, 0.25) is 0 Å². The van der Waals surface area contributed by atoms with Crippen LogP contribution in [0.15, 0.2) is 29.2 Å². The minimum atomic E-state index is -0.613. The molecule has 0 fully saturated rings. The lowest BCUT2D eigenvalue weighted by Gasteiger charge is -2.26. The number of ketones is 1. The summed E-state index contributed by atoms with van der Waals surface area (Å²) in [6.45, 7) is 4.54. The molecule has 0 spiro atoms. The van der Waals surface area contributed by atoms with Gasteiger partial charge < -0.3 is 10.8 Å². The molecule has 3 nitrogen and oxygen atoms in total. The second kappa shape index (κ2) is 9.23. The van der Waals surface area contributed by atoms with Gasteiger partial charge >= 0.3 is 0 Å². The van der Waals surface area contributed by atoms with Crippen LogP contribution in [0.3, 0.4) is 0 Å². The van der Waals surface area contributed by atoms with Gasteiger partial charge in [0.1, 0.15) is 0 Å². The number of unbranched alkanes of at least 4 members (excludes halogenated alkanes) is 1. The molecule has 1 atom stereocenters. The van der Waals surface area contributed by atoms with Crippen molar-refractivity contribution in [2.75, 3.05) is 12.3 Å². The zero-order valence-corrected chi connectivity index (χ0v) is 13.9. The van der Waals surface area contributed by atoms with Crippen molar-refractivity contribution in [2.24, 2.45) is 5.73 Å². The lowest BCUT2D eigenvalue weighted by Crippen LogP contribution is -2.30. The zero-order chi connectivity index (χ0) is 15.7. The molecule has 0 saturated heterocycles. The van der Waals surface area contributed by atoms with Crippen LogP contribution < -0.4 is 5.73 Å². The van der Waals surface area contributed by atoms with E-state index in [-0.39, 0.29) is 5.78 Å². The molecule has 0 bridgehead atoms. The number of benzene rings is 1. The molecule has 0 saturated carbocycles. The molecule has 0 heterocycles. The van der Waals surface area contributed by atoms with Crippen LogP contribution in [0.4, 0.5) is 0 Å². The van der Waals surface area contributed by atoms with E-state index in [1.54, 1.807) is 11.8 Å². The van der Waals surface area contributed by atoms with Gasteiger partial charge in [-0.05, 0) is 31.5 Å². The molecule has 118 valence electrons.